The van der Waals surface area contributed by atoms with E-state index >= 15 is 0 Å². The number of hydrogen-bond acceptors (Lipinski definition) is 12. The molecule has 5 aromatic carbocycles. The number of rotatable bonds is 11. The fourth-order valence-corrected chi connectivity index (χ4v) is 4.40. The molecule has 51 heavy (non-hydrogen) atoms. The Bertz CT molecular complexity index is 1830. The number of aromatic nitrogens is 6. The molecule has 7 aromatic rings. The highest BCUT2D eigenvalue weighted by molar-refractivity contribution is 5.75. The summed E-state index contributed by atoms with van der Waals surface area (Å²) in [6.45, 7) is 0. The van der Waals surface area contributed by atoms with Gasteiger partial charge in [-0.05, 0) is 60.7 Å². The third kappa shape index (κ3) is 11.6. The quantitative estimate of drug-likeness (QED) is 0.0726. The van der Waals surface area contributed by atoms with Gasteiger partial charge in [-0.15, -0.1) is 0 Å². The van der Waals surface area contributed by atoms with Gasteiger partial charge in [-0.1, -0.05) is 98.4 Å². The van der Waals surface area contributed by atoms with E-state index in [2.05, 4.69) is 61.8 Å². The first kappa shape index (κ1) is 36.8. The van der Waals surface area contributed by atoms with Gasteiger partial charge in [0.15, 0.2) is 0 Å². The van der Waals surface area contributed by atoms with E-state index in [-0.39, 0.29) is 17.3 Å². The molecule has 0 spiro atoms. The van der Waals surface area contributed by atoms with E-state index in [0.29, 0.717) is 35.7 Å². The zero-order valence-electron chi connectivity index (χ0n) is 27.2. The molecule has 0 saturated heterocycles. The van der Waals surface area contributed by atoms with Gasteiger partial charge in [0.1, 0.15) is 0 Å². The van der Waals surface area contributed by atoms with Gasteiger partial charge in [-0.3, -0.25) is 0 Å². The van der Waals surface area contributed by atoms with Crippen LogP contribution in [0.3, 0.4) is 0 Å². The minimum Gasteiger partial charge on any atom is -0.357 e. The fraction of sp³-hybridized carbons (Fsp3) is 0.0526. The molecule has 0 amide bonds. The van der Waals surface area contributed by atoms with Crippen LogP contribution in [0.2, 0.25) is 0 Å². The predicted octanol–water partition coefficient (Wildman–Crippen LogP) is 9.00. The van der Waals surface area contributed by atoms with E-state index < -0.39 is 0 Å². The van der Waals surface area contributed by atoms with Crippen LogP contribution in [0.4, 0.5) is 64.1 Å². The van der Waals surface area contributed by atoms with Crippen molar-refractivity contribution in [2.45, 2.75) is 7.43 Å². The first-order chi connectivity index (χ1) is 24.2. The number of nitrogens with zero attached hydrogens (tertiary/aromatic N) is 6. The van der Waals surface area contributed by atoms with Crippen molar-refractivity contribution in [2.24, 2.45) is 0 Å². The van der Waals surface area contributed by atoms with E-state index in [1.165, 1.54) is 0 Å². The zero-order chi connectivity index (χ0) is 33.5. The maximum atomic E-state index is 4.48. The van der Waals surface area contributed by atoms with Crippen LogP contribution in [0.1, 0.15) is 8.85 Å². The van der Waals surface area contributed by atoms with Crippen LogP contribution in [-0.2, 0) is 0 Å². The summed E-state index contributed by atoms with van der Waals surface area (Å²) in [6, 6.07) is 48.9. The van der Waals surface area contributed by atoms with Gasteiger partial charge < -0.3 is 31.9 Å². The Morgan fingerprint density at radius 3 is 0.667 bits per heavy atom. The number of para-hydroxylation sites is 5. The second-order valence-corrected chi connectivity index (χ2v) is 10.3. The summed E-state index contributed by atoms with van der Waals surface area (Å²) in [4.78, 5) is 26.4. The van der Waals surface area contributed by atoms with Gasteiger partial charge in [-0.25, -0.2) is 0 Å². The molecule has 6 N–H and O–H groups in total. The van der Waals surface area contributed by atoms with Crippen LogP contribution in [0, 0.1) is 0 Å². The molecular formula is C38H40BN12. The molecule has 12 nitrogen and oxygen atoms in total. The van der Waals surface area contributed by atoms with Gasteiger partial charge in [0.2, 0.25) is 35.7 Å². The van der Waals surface area contributed by atoms with Crippen molar-refractivity contribution in [1.29, 1.82) is 0 Å². The number of nitrogens with one attached hydrogen (secondary N) is 6. The normalized spacial score (nSPS) is 9.75. The largest absolute Gasteiger partial charge is 0.357 e. The van der Waals surface area contributed by atoms with E-state index in [1.807, 2.05) is 152 Å². The standard InChI is InChI=1S/C21H18N6.C16H16N6.CH4.B.H2/c1-4-10-16(11-5-1)22-19-25-20(23-17-12-6-2-7-13-17)27-21(26-19)24-18-14-8-3-9-15-18;1-17-14-20-15(18-12-8-4-2-5-9-12)22-16(21-14)19-13-10-6-3-7-11-13;;;/h1-15H,(H3,22,23,24,25,26,27);2-11H,1H3,(H3,17,18,19,20,21,22);1H4;;1H/i;;;;1+1. The minimum atomic E-state index is 0. The molecule has 3 radical (unpaired) electrons. The van der Waals surface area contributed by atoms with E-state index in [1.54, 1.807) is 7.05 Å². The molecule has 0 aliphatic rings. The summed E-state index contributed by atoms with van der Waals surface area (Å²) >= 11 is 0. The molecule has 0 aliphatic heterocycles. The van der Waals surface area contributed by atoms with Gasteiger partial charge in [-0.2, -0.15) is 29.9 Å². The Hall–Kier alpha value is -7.02. The molecule has 0 bridgehead atoms. The lowest BCUT2D eigenvalue weighted by Gasteiger charge is -2.11. The lowest BCUT2D eigenvalue weighted by molar-refractivity contribution is 1.06. The zero-order valence-corrected chi connectivity index (χ0v) is 27.2. The van der Waals surface area contributed by atoms with Crippen molar-refractivity contribution in [1.82, 2.24) is 29.9 Å². The van der Waals surface area contributed by atoms with Gasteiger partial charge in [0, 0.05) is 45.3 Å². The summed E-state index contributed by atoms with van der Waals surface area (Å²) < 4.78 is 0. The van der Waals surface area contributed by atoms with Crippen LogP contribution >= 0.6 is 0 Å². The fourth-order valence-electron chi connectivity index (χ4n) is 4.40. The minimum absolute atomic E-state index is 0. The molecule has 7 rings (SSSR count). The highest BCUT2D eigenvalue weighted by Gasteiger charge is 2.09. The summed E-state index contributed by atoms with van der Waals surface area (Å²) in [5.74, 6) is 2.80. The number of anilines is 11. The second-order valence-electron chi connectivity index (χ2n) is 10.3. The summed E-state index contributed by atoms with van der Waals surface area (Å²) in [7, 11) is 1.77. The highest BCUT2D eigenvalue weighted by atomic mass is 15.3. The average molecular weight is 677 g/mol. The Morgan fingerprint density at radius 2 is 0.490 bits per heavy atom. The summed E-state index contributed by atoms with van der Waals surface area (Å²) in [5, 5.41) is 18.9. The smallest absolute Gasteiger partial charge is 0.233 e. The van der Waals surface area contributed by atoms with Crippen molar-refractivity contribution in [3.8, 4) is 0 Å². The third-order valence-corrected chi connectivity index (χ3v) is 6.64. The van der Waals surface area contributed by atoms with Gasteiger partial charge >= 0.3 is 0 Å². The lowest BCUT2D eigenvalue weighted by Crippen LogP contribution is -2.07. The third-order valence-electron chi connectivity index (χ3n) is 6.64. The molecule has 0 atom stereocenters. The van der Waals surface area contributed by atoms with Crippen LogP contribution in [0.15, 0.2) is 152 Å². The molecule has 255 valence electrons. The molecule has 0 saturated carbocycles. The van der Waals surface area contributed by atoms with Gasteiger partial charge in [0.05, 0.1) is 0 Å². The Labute approximate surface area is 301 Å². The van der Waals surface area contributed by atoms with Crippen molar-refractivity contribution in [3.05, 3.63) is 152 Å². The van der Waals surface area contributed by atoms with Crippen LogP contribution in [-0.4, -0.2) is 45.4 Å². The topological polar surface area (TPSA) is 150 Å². The predicted molar refractivity (Wildman–Crippen MR) is 212 cm³/mol. The molecule has 2 heterocycles. The molecule has 13 heteroatoms. The average Bonchev–Trinajstić information content (AvgIpc) is 3.14. The number of benzene rings is 5. The first-order valence-corrected chi connectivity index (χ1v) is 15.5. The van der Waals surface area contributed by atoms with E-state index in [9.17, 15) is 0 Å². The van der Waals surface area contributed by atoms with Crippen molar-refractivity contribution >= 4 is 72.5 Å². The molecule has 0 fully saturated rings. The van der Waals surface area contributed by atoms with Crippen LogP contribution in [0.25, 0.3) is 0 Å². The van der Waals surface area contributed by atoms with Crippen LogP contribution < -0.4 is 31.9 Å². The van der Waals surface area contributed by atoms with E-state index in [0.717, 1.165) is 28.4 Å². The Balaban J connectivity index is 0.000000270. The van der Waals surface area contributed by atoms with Crippen molar-refractivity contribution in [2.75, 3.05) is 38.9 Å². The SMILES string of the molecule is C.CNc1nc(Nc2ccccc2)nc(Nc2ccccc2)n1.[2HH].[B].c1ccc(Nc2nc(Nc3ccccc3)nc(Nc3ccccc3)n2)cc1. The van der Waals surface area contributed by atoms with Gasteiger partial charge in [0.25, 0.3) is 0 Å². The highest BCUT2D eigenvalue weighted by Crippen LogP contribution is 2.21. The monoisotopic (exact) mass is 676 g/mol. The summed E-state index contributed by atoms with van der Waals surface area (Å²) in [5.41, 5.74) is 4.54. The number of hydrogen-bond donors (Lipinski definition) is 6. The molecule has 0 aliphatic carbocycles. The summed E-state index contributed by atoms with van der Waals surface area (Å²) in [6.07, 6.45) is 0. The molecule has 2 aromatic heterocycles. The first-order valence-electron chi connectivity index (χ1n) is 15.5. The maximum Gasteiger partial charge on any atom is 0.233 e. The Morgan fingerprint density at radius 1 is 0.314 bits per heavy atom. The molecule has 0 unspecified atom stereocenters. The molecular weight excluding hydrogens is 635 g/mol. The second kappa shape index (κ2) is 19.1. The van der Waals surface area contributed by atoms with Crippen molar-refractivity contribution in [3.63, 3.8) is 0 Å². The van der Waals surface area contributed by atoms with Crippen molar-refractivity contribution < 1.29 is 1.43 Å². The maximum absolute atomic E-state index is 4.48. The Kier molecular flexibility index (Phi) is 13.8. The lowest BCUT2D eigenvalue weighted by atomic mass is 10.3. The van der Waals surface area contributed by atoms with Crippen LogP contribution in [0.5, 0.6) is 0 Å². The van der Waals surface area contributed by atoms with E-state index in [4.69, 9.17) is 0 Å².